The zero-order chi connectivity index (χ0) is 14.0. The van der Waals surface area contributed by atoms with E-state index >= 15 is 0 Å². The van der Waals surface area contributed by atoms with Gasteiger partial charge in [-0.25, -0.2) is 8.78 Å². The van der Waals surface area contributed by atoms with Gasteiger partial charge in [-0.2, -0.15) is 5.26 Å². The van der Waals surface area contributed by atoms with Crippen molar-refractivity contribution in [3.8, 4) is 6.07 Å². The van der Waals surface area contributed by atoms with Crippen LogP contribution in [-0.2, 0) is 0 Å². The van der Waals surface area contributed by atoms with E-state index in [1.165, 1.54) is 0 Å². The van der Waals surface area contributed by atoms with Crippen molar-refractivity contribution in [1.82, 2.24) is 0 Å². The van der Waals surface area contributed by atoms with Gasteiger partial charge in [0.25, 0.3) is 0 Å². The third kappa shape index (κ3) is 2.74. The topological polar surface area (TPSA) is 49.0 Å². The zero-order valence-corrected chi connectivity index (χ0v) is 10.5. The van der Waals surface area contributed by atoms with Gasteiger partial charge in [0, 0.05) is 0 Å². The molecule has 19 heavy (non-hydrogen) atoms. The Hall–Kier alpha value is -2.35. The Morgan fingerprint density at radius 3 is 2.37 bits per heavy atom. The lowest BCUT2D eigenvalue weighted by Gasteiger charge is -2.14. The van der Waals surface area contributed by atoms with Gasteiger partial charge in [-0.3, -0.25) is 0 Å². The first kappa shape index (κ1) is 13.1. The number of aryl methyl sites for hydroxylation is 1. The van der Waals surface area contributed by atoms with Crippen LogP contribution in [0.4, 0.5) is 14.5 Å². The molecule has 5 heteroatoms. The molecule has 0 fully saturated rings. The van der Waals surface area contributed by atoms with Crippen LogP contribution in [0, 0.1) is 29.9 Å². The molecular formula is C14H12F2N2O. The lowest BCUT2D eigenvalue weighted by Crippen LogP contribution is -2.09. The molecule has 0 aliphatic carbocycles. The molecule has 1 heterocycles. The molecule has 1 atom stereocenters. The van der Waals surface area contributed by atoms with Gasteiger partial charge < -0.3 is 9.73 Å². The Labute approximate surface area is 109 Å². The highest BCUT2D eigenvalue weighted by molar-refractivity contribution is 5.51. The molecule has 98 valence electrons. The Morgan fingerprint density at radius 1 is 1.26 bits per heavy atom. The van der Waals surface area contributed by atoms with Crippen LogP contribution < -0.4 is 5.32 Å². The SMILES string of the molecule is Cc1ccc(C(C)Nc2c(F)cc(C#N)cc2F)o1. The van der Waals surface area contributed by atoms with E-state index in [9.17, 15) is 8.78 Å². The highest BCUT2D eigenvalue weighted by Gasteiger charge is 2.16. The number of benzene rings is 1. The summed E-state index contributed by atoms with van der Waals surface area (Å²) in [5.74, 6) is -0.288. The first-order chi connectivity index (χ1) is 9.01. The second-order valence-electron chi connectivity index (χ2n) is 4.24. The van der Waals surface area contributed by atoms with Crippen molar-refractivity contribution >= 4 is 5.69 Å². The van der Waals surface area contributed by atoms with E-state index < -0.39 is 11.6 Å². The summed E-state index contributed by atoms with van der Waals surface area (Å²) >= 11 is 0. The fourth-order valence-corrected chi connectivity index (χ4v) is 1.75. The van der Waals surface area contributed by atoms with E-state index in [-0.39, 0.29) is 17.3 Å². The van der Waals surface area contributed by atoms with Gasteiger partial charge in [0.1, 0.15) is 17.2 Å². The molecule has 0 saturated heterocycles. The number of nitrogens with one attached hydrogen (secondary N) is 1. The monoisotopic (exact) mass is 262 g/mol. The summed E-state index contributed by atoms with van der Waals surface area (Å²) in [6, 6.07) is 6.82. The predicted octanol–water partition coefficient (Wildman–Crippen LogP) is 3.91. The van der Waals surface area contributed by atoms with Crippen molar-refractivity contribution in [2.24, 2.45) is 0 Å². The van der Waals surface area contributed by atoms with Gasteiger partial charge in [0.05, 0.1) is 17.7 Å². The molecule has 0 spiro atoms. The van der Waals surface area contributed by atoms with Crippen LogP contribution in [0.5, 0.6) is 0 Å². The molecule has 0 saturated carbocycles. The first-order valence-electron chi connectivity index (χ1n) is 5.73. The number of furan rings is 1. The molecular weight excluding hydrogens is 250 g/mol. The lowest BCUT2D eigenvalue weighted by molar-refractivity contribution is 0.465. The fraction of sp³-hybridized carbons (Fsp3) is 0.214. The minimum Gasteiger partial charge on any atom is -0.464 e. The lowest BCUT2D eigenvalue weighted by atomic mass is 10.1. The van der Waals surface area contributed by atoms with Crippen LogP contribution in [0.2, 0.25) is 0 Å². The average molecular weight is 262 g/mol. The van der Waals surface area contributed by atoms with Crippen LogP contribution in [-0.4, -0.2) is 0 Å². The maximum absolute atomic E-state index is 13.7. The van der Waals surface area contributed by atoms with Crippen molar-refractivity contribution in [2.45, 2.75) is 19.9 Å². The normalized spacial score (nSPS) is 11.9. The third-order valence-corrected chi connectivity index (χ3v) is 2.72. The number of rotatable bonds is 3. The van der Waals surface area contributed by atoms with Crippen LogP contribution in [0.15, 0.2) is 28.7 Å². The number of nitrogens with zero attached hydrogens (tertiary/aromatic N) is 1. The Balaban J connectivity index is 2.27. The van der Waals surface area contributed by atoms with Gasteiger partial charge >= 0.3 is 0 Å². The van der Waals surface area contributed by atoms with E-state index in [0.29, 0.717) is 5.76 Å². The predicted molar refractivity (Wildman–Crippen MR) is 66.6 cm³/mol. The van der Waals surface area contributed by atoms with Crippen molar-refractivity contribution in [2.75, 3.05) is 5.32 Å². The summed E-state index contributed by atoms with van der Waals surface area (Å²) < 4.78 is 32.8. The molecule has 1 unspecified atom stereocenters. The van der Waals surface area contributed by atoms with Gasteiger partial charge in [-0.05, 0) is 38.1 Å². The average Bonchev–Trinajstić information content (AvgIpc) is 2.80. The van der Waals surface area contributed by atoms with E-state index in [0.717, 1.165) is 17.9 Å². The second-order valence-corrected chi connectivity index (χ2v) is 4.24. The van der Waals surface area contributed by atoms with Gasteiger partial charge in [0.2, 0.25) is 0 Å². The zero-order valence-electron chi connectivity index (χ0n) is 10.5. The molecule has 1 aromatic carbocycles. The summed E-state index contributed by atoms with van der Waals surface area (Å²) in [5, 5.41) is 11.3. The summed E-state index contributed by atoms with van der Waals surface area (Å²) in [7, 11) is 0. The largest absolute Gasteiger partial charge is 0.464 e. The molecule has 2 aromatic rings. The molecule has 3 nitrogen and oxygen atoms in total. The standard InChI is InChI=1S/C14H12F2N2O/c1-8-3-4-13(19-8)9(2)18-14-11(15)5-10(7-17)6-12(14)16/h3-6,9,18H,1-2H3. The number of halogens is 2. The van der Waals surface area contributed by atoms with Crippen LogP contribution >= 0.6 is 0 Å². The smallest absolute Gasteiger partial charge is 0.150 e. The second kappa shape index (κ2) is 5.11. The summed E-state index contributed by atoms with van der Waals surface area (Å²) in [5.41, 5.74) is -0.317. The van der Waals surface area contributed by atoms with Crippen LogP contribution in [0.1, 0.15) is 30.0 Å². The maximum atomic E-state index is 13.7. The van der Waals surface area contributed by atoms with E-state index in [1.807, 2.05) is 0 Å². The molecule has 0 aliphatic rings. The highest BCUT2D eigenvalue weighted by Crippen LogP contribution is 2.26. The number of hydrogen-bond donors (Lipinski definition) is 1. The highest BCUT2D eigenvalue weighted by atomic mass is 19.1. The van der Waals surface area contributed by atoms with E-state index in [2.05, 4.69) is 5.32 Å². The van der Waals surface area contributed by atoms with Crippen LogP contribution in [0.25, 0.3) is 0 Å². The van der Waals surface area contributed by atoms with Crippen molar-refractivity contribution < 1.29 is 13.2 Å². The molecule has 0 amide bonds. The molecule has 1 aromatic heterocycles. The Morgan fingerprint density at radius 2 is 1.89 bits per heavy atom. The van der Waals surface area contributed by atoms with Gasteiger partial charge in [0.15, 0.2) is 11.6 Å². The summed E-state index contributed by atoms with van der Waals surface area (Å²) in [4.78, 5) is 0. The minimum atomic E-state index is -0.799. The van der Waals surface area contributed by atoms with Crippen molar-refractivity contribution in [3.63, 3.8) is 0 Å². The quantitative estimate of drug-likeness (QED) is 0.912. The van der Waals surface area contributed by atoms with Gasteiger partial charge in [-0.15, -0.1) is 0 Å². The molecule has 0 bridgehead atoms. The molecule has 0 aliphatic heterocycles. The first-order valence-corrected chi connectivity index (χ1v) is 5.73. The summed E-state index contributed by atoms with van der Waals surface area (Å²) in [6.07, 6.45) is 0. The van der Waals surface area contributed by atoms with E-state index in [4.69, 9.17) is 9.68 Å². The van der Waals surface area contributed by atoms with Crippen molar-refractivity contribution in [1.29, 1.82) is 5.26 Å². The van der Waals surface area contributed by atoms with E-state index in [1.54, 1.807) is 32.0 Å². The van der Waals surface area contributed by atoms with Gasteiger partial charge in [-0.1, -0.05) is 0 Å². The fourth-order valence-electron chi connectivity index (χ4n) is 1.75. The third-order valence-electron chi connectivity index (χ3n) is 2.72. The Bertz CT molecular complexity index is 620. The molecule has 1 N–H and O–H groups in total. The number of nitriles is 1. The summed E-state index contributed by atoms with van der Waals surface area (Å²) in [6.45, 7) is 3.52. The minimum absolute atomic E-state index is 0.0537. The molecule has 2 rings (SSSR count). The number of anilines is 1. The van der Waals surface area contributed by atoms with Crippen LogP contribution in [0.3, 0.4) is 0 Å². The number of hydrogen-bond acceptors (Lipinski definition) is 3. The van der Waals surface area contributed by atoms with Crippen molar-refractivity contribution in [3.05, 3.63) is 53.0 Å². The molecule has 0 radical (unpaired) electrons. The maximum Gasteiger partial charge on any atom is 0.150 e. The Kier molecular flexibility index (Phi) is 3.52.